The summed E-state index contributed by atoms with van der Waals surface area (Å²) in [5, 5.41) is 7.43. The predicted molar refractivity (Wildman–Crippen MR) is 192 cm³/mol. The summed E-state index contributed by atoms with van der Waals surface area (Å²) < 4.78 is 8.76. The lowest BCUT2D eigenvalue weighted by Gasteiger charge is -2.22. The Morgan fingerprint density at radius 3 is 1.80 bits per heavy atom. The summed E-state index contributed by atoms with van der Waals surface area (Å²) in [5.41, 5.74) is 10.9. The molecule has 2 nitrogen and oxygen atoms in total. The van der Waals surface area contributed by atoms with Gasteiger partial charge in [0.25, 0.3) is 0 Å². The first-order chi connectivity index (χ1) is 22.8. The maximum atomic E-state index is 6.34. The lowest BCUT2D eigenvalue weighted by molar-refractivity contribution is 0.487. The van der Waals surface area contributed by atoms with E-state index in [4.69, 9.17) is 4.74 Å². The topological polar surface area (TPSA) is 14.2 Å². The number of fused-ring (bicyclic) bond motifs is 7. The Morgan fingerprint density at radius 2 is 0.957 bits per heavy atom. The first-order valence-corrected chi connectivity index (χ1v) is 15.8. The van der Waals surface area contributed by atoms with Crippen molar-refractivity contribution in [3.05, 3.63) is 164 Å². The summed E-state index contributed by atoms with van der Waals surface area (Å²) in [6.07, 6.45) is 0. The third-order valence-corrected chi connectivity index (χ3v) is 9.61. The van der Waals surface area contributed by atoms with Gasteiger partial charge in [0.15, 0.2) is 0 Å². The molecule has 0 spiro atoms. The number of ether oxygens (including phenoxy) is 1. The maximum absolute atomic E-state index is 6.34. The molecule has 8 aromatic carbocycles. The van der Waals surface area contributed by atoms with Gasteiger partial charge in [0.2, 0.25) is 0 Å². The van der Waals surface area contributed by atoms with Crippen LogP contribution in [0, 0.1) is 0 Å². The monoisotopic (exact) mass is 585 g/mol. The van der Waals surface area contributed by atoms with E-state index in [0.717, 1.165) is 17.1 Å². The molecular weight excluding hydrogens is 558 g/mol. The number of rotatable bonds is 3. The first kappa shape index (κ1) is 25.2. The fourth-order valence-electron chi connectivity index (χ4n) is 7.58. The van der Waals surface area contributed by atoms with Gasteiger partial charge in [-0.25, -0.2) is 0 Å². The Bertz CT molecular complexity index is 2650. The van der Waals surface area contributed by atoms with Crippen LogP contribution in [-0.4, -0.2) is 4.57 Å². The van der Waals surface area contributed by atoms with Gasteiger partial charge < -0.3 is 9.30 Å². The van der Waals surface area contributed by atoms with Gasteiger partial charge in [0.1, 0.15) is 11.5 Å². The standard InChI is InChI=1S/C44H27NO/c1-2-10-30(11-3-1)45-40-18-6-4-12-34(40)39-25-24-33-31(14-8-17-38(33)44(39)45)28-20-22-29(23-21-28)32-26-27-42-43-36(32)15-9-16-37(43)35-13-5-7-19-41(35)46-42/h1-27H. The lowest BCUT2D eigenvalue weighted by Crippen LogP contribution is -1.97. The van der Waals surface area contributed by atoms with Crippen LogP contribution < -0.4 is 4.74 Å². The van der Waals surface area contributed by atoms with Crippen LogP contribution in [0.15, 0.2) is 164 Å². The molecule has 0 saturated heterocycles. The third kappa shape index (κ3) is 3.59. The highest BCUT2D eigenvalue weighted by Gasteiger charge is 2.21. The van der Waals surface area contributed by atoms with E-state index < -0.39 is 0 Å². The normalized spacial score (nSPS) is 12.1. The van der Waals surface area contributed by atoms with Crippen LogP contribution in [0.2, 0.25) is 0 Å². The predicted octanol–water partition coefficient (Wildman–Crippen LogP) is 12.2. The molecule has 1 aromatic heterocycles. The van der Waals surface area contributed by atoms with Gasteiger partial charge in [-0.3, -0.25) is 0 Å². The smallest absolute Gasteiger partial charge is 0.135 e. The van der Waals surface area contributed by atoms with Crippen LogP contribution >= 0.6 is 0 Å². The molecule has 9 aromatic rings. The summed E-state index contributed by atoms with van der Waals surface area (Å²) >= 11 is 0. The maximum Gasteiger partial charge on any atom is 0.135 e. The minimum atomic E-state index is 0.913. The van der Waals surface area contributed by atoms with E-state index in [0.29, 0.717) is 0 Å². The second kappa shape index (κ2) is 9.69. The number of nitrogens with zero attached hydrogens (tertiary/aromatic N) is 1. The van der Waals surface area contributed by atoms with Crippen molar-refractivity contribution in [2.24, 2.45) is 0 Å². The van der Waals surface area contributed by atoms with Crippen molar-refractivity contribution in [3.8, 4) is 50.6 Å². The van der Waals surface area contributed by atoms with Crippen molar-refractivity contribution in [1.82, 2.24) is 4.57 Å². The fourth-order valence-corrected chi connectivity index (χ4v) is 7.58. The molecule has 0 unspecified atom stereocenters. The summed E-state index contributed by atoms with van der Waals surface area (Å²) in [7, 11) is 0. The van der Waals surface area contributed by atoms with E-state index in [-0.39, 0.29) is 0 Å². The Morgan fingerprint density at radius 1 is 0.348 bits per heavy atom. The molecule has 0 saturated carbocycles. The average Bonchev–Trinajstić information content (AvgIpc) is 3.47. The summed E-state index contributed by atoms with van der Waals surface area (Å²) in [4.78, 5) is 0. The number of aromatic nitrogens is 1. The largest absolute Gasteiger partial charge is 0.456 e. The van der Waals surface area contributed by atoms with Gasteiger partial charge in [-0.1, -0.05) is 133 Å². The average molecular weight is 586 g/mol. The van der Waals surface area contributed by atoms with Crippen LogP contribution in [0.3, 0.4) is 0 Å². The van der Waals surface area contributed by atoms with Gasteiger partial charge in [-0.15, -0.1) is 0 Å². The van der Waals surface area contributed by atoms with Gasteiger partial charge in [-0.05, 0) is 68.9 Å². The zero-order chi connectivity index (χ0) is 30.2. The third-order valence-electron chi connectivity index (χ3n) is 9.61. The van der Waals surface area contributed by atoms with Crippen LogP contribution in [0.25, 0.3) is 82.4 Å². The molecule has 0 aliphatic carbocycles. The molecule has 1 aliphatic rings. The Labute approximate surface area is 266 Å². The number of para-hydroxylation sites is 3. The molecular formula is C44H27NO. The molecule has 2 heterocycles. The van der Waals surface area contributed by atoms with Crippen LogP contribution in [0.5, 0.6) is 11.5 Å². The van der Waals surface area contributed by atoms with E-state index in [1.165, 1.54) is 76.9 Å². The molecule has 0 radical (unpaired) electrons. The van der Waals surface area contributed by atoms with Crippen molar-refractivity contribution in [1.29, 1.82) is 0 Å². The minimum Gasteiger partial charge on any atom is -0.456 e. The number of benzene rings is 8. The molecule has 0 N–H and O–H groups in total. The van der Waals surface area contributed by atoms with Crippen molar-refractivity contribution >= 4 is 43.4 Å². The van der Waals surface area contributed by atoms with Crippen molar-refractivity contribution in [3.63, 3.8) is 0 Å². The van der Waals surface area contributed by atoms with Gasteiger partial charge in [-0.2, -0.15) is 0 Å². The Balaban J connectivity index is 1.13. The molecule has 1 aliphatic heterocycles. The van der Waals surface area contributed by atoms with Gasteiger partial charge >= 0.3 is 0 Å². The fraction of sp³-hybridized carbons (Fsp3) is 0. The van der Waals surface area contributed by atoms with Crippen LogP contribution in [0.1, 0.15) is 0 Å². The summed E-state index contributed by atoms with van der Waals surface area (Å²) in [6.45, 7) is 0. The zero-order valence-corrected chi connectivity index (χ0v) is 24.9. The number of hydrogen-bond acceptors (Lipinski definition) is 1. The Hall–Kier alpha value is -6.12. The highest BCUT2D eigenvalue weighted by Crippen LogP contribution is 2.48. The minimum absolute atomic E-state index is 0.913. The van der Waals surface area contributed by atoms with E-state index in [1.807, 2.05) is 12.1 Å². The SMILES string of the molecule is c1ccc(-n2c3ccccc3c3ccc4c(-c5ccc(-c6ccc7c8c(cccc68)-c6ccccc6O7)cc5)cccc4c32)cc1. The zero-order valence-electron chi connectivity index (χ0n) is 24.9. The summed E-state index contributed by atoms with van der Waals surface area (Å²) in [6, 6.07) is 59.0. The highest BCUT2D eigenvalue weighted by molar-refractivity contribution is 6.20. The summed E-state index contributed by atoms with van der Waals surface area (Å²) in [5.74, 6) is 1.83. The van der Waals surface area contributed by atoms with Crippen molar-refractivity contribution in [2.75, 3.05) is 0 Å². The van der Waals surface area contributed by atoms with E-state index >= 15 is 0 Å². The molecule has 0 fully saturated rings. The molecule has 46 heavy (non-hydrogen) atoms. The first-order valence-electron chi connectivity index (χ1n) is 15.8. The molecule has 2 heteroatoms. The van der Waals surface area contributed by atoms with Crippen LogP contribution in [-0.2, 0) is 0 Å². The second-order valence-corrected chi connectivity index (χ2v) is 12.1. The lowest BCUT2D eigenvalue weighted by atomic mass is 9.90. The van der Waals surface area contributed by atoms with E-state index in [2.05, 4.69) is 156 Å². The molecule has 0 atom stereocenters. The van der Waals surface area contributed by atoms with E-state index in [1.54, 1.807) is 0 Å². The number of hydrogen-bond donors (Lipinski definition) is 0. The molecule has 10 rings (SSSR count). The molecule has 0 amide bonds. The van der Waals surface area contributed by atoms with Gasteiger partial charge in [0.05, 0.1) is 11.0 Å². The quantitative estimate of drug-likeness (QED) is 0.201. The van der Waals surface area contributed by atoms with Crippen molar-refractivity contribution < 1.29 is 4.74 Å². The van der Waals surface area contributed by atoms with Crippen LogP contribution in [0.4, 0.5) is 0 Å². The van der Waals surface area contributed by atoms with E-state index in [9.17, 15) is 0 Å². The highest BCUT2D eigenvalue weighted by atomic mass is 16.5. The molecule has 0 bridgehead atoms. The van der Waals surface area contributed by atoms with Gasteiger partial charge in [0, 0.05) is 32.8 Å². The second-order valence-electron chi connectivity index (χ2n) is 12.1. The van der Waals surface area contributed by atoms with Crippen molar-refractivity contribution in [2.45, 2.75) is 0 Å². The molecule has 214 valence electrons. The Kier molecular flexibility index (Phi) is 5.31.